The van der Waals surface area contributed by atoms with Gasteiger partial charge in [0.05, 0.1) is 5.69 Å². The van der Waals surface area contributed by atoms with Crippen LogP contribution in [0.5, 0.6) is 0 Å². The Labute approximate surface area is 110 Å². The predicted octanol–water partition coefficient (Wildman–Crippen LogP) is 2.02. The molecular formula is C14H26N4. The van der Waals surface area contributed by atoms with Gasteiger partial charge in [-0.25, -0.2) is 0 Å². The van der Waals surface area contributed by atoms with E-state index in [1.54, 1.807) is 0 Å². The Morgan fingerprint density at radius 2 is 2.17 bits per heavy atom. The van der Waals surface area contributed by atoms with Crippen LogP contribution in [0.4, 0.5) is 0 Å². The van der Waals surface area contributed by atoms with Crippen molar-refractivity contribution in [1.29, 1.82) is 0 Å². The minimum absolute atomic E-state index is 0.502. The Kier molecular flexibility index (Phi) is 4.78. The first-order chi connectivity index (χ1) is 8.72. The molecule has 1 aromatic heterocycles. The Hall–Kier alpha value is -0.870. The van der Waals surface area contributed by atoms with Crippen LogP contribution >= 0.6 is 0 Å². The summed E-state index contributed by atoms with van der Waals surface area (Å²) in [6.07, 6.45) is 5.71. The average Bonchev–Trinajstić information content (AvgIpc) is 2.87. The number of nitrogens with two attached hydrogens (primary N) is 1. The minimum atomic E-state index is 0.502. The van der Waals surface area contributed by atoms with E-state index in [1.807, 2.05) is 0 Å². The molecule has 0 spiro atoms. The molecule has 1 aliphatic rings. The Morgan fingerprint density at radius 1 is 1.44 bits per heavy atom. The van der Waals surface area contributed by atoms with Crippen LogP contribution < -0.4 is 5.73 Å². The molecule has 1 fully saturated rings. The lowest BCUT2D eigenvalue weighted by Crippen LogP contribution is -2.35. The number of nitrogens with zero attached hydrogens (tertiary/aromatic N) is 3. The number of hydrogen-bond donors (Lipinski definition) is 1. The van der Waals surface area contributed by atoms with E-state index in [1.165, 1.54) is 18.5 Å². The second-order valence-electron chi connectivity index (χ2n) is 5.50. The maximum absolute atomic E-state index is 5.72. The van der Waals surface area contributed by atoms with Gasteiger partial charge in [0.2, 0.25) is 0 Å². The van der Waals surface area contributed by atoms with Gasteiger partial charge in [0.15, 0.2) is 0 Å². The lowest BCUT2D eigenvalue weighted by atomic mass is 9.97. The van der Waals surface area contributed by atoms with Gasteiger partial charge < -0.3 is 5.73 Å². The van der Waals surface area contributed by atoms with Crippen LogP contribution in [-0.4, -0.2) is 34.3 Å². The van der Waals surface area contributed by atoms with E-state index in [2.05, 4.69) is 40.8 Å². The summed E-state index contributed by atoms with van der Waals surface area (Å²) in [5.41, 5.74) is 6.91. The number of likely N-dealkylation sites (tertiary alicyclic amines) is 1. The second-order valence-corrected chi connectivity index (χ2v) is 5.50. The predicted molar refractivity (Wildman–Crippen MR) is 74.3 cm³/mol. The van der Waals surface area contributed by atoms with Gasteiger partial charge in [-0.05, 0) is 57.8 Å². The molecule has 0 saturated carbocycles. The number of aromatic nitrogens is 2. The molecule has 0 radical (unpaired) electrons. The van der Waals surface area contributed by atoms with Gasteiger partial charge in [-0.2, -0.15) is 5.10 Å². The van der Waals surface area contributed by atoms with Crippen LogP contribution in [0.1, 0.15) is 44.8 Å². The first kappa shape index (κ1) is 13.6. The number of rotatable bonds is 5. The van der Waals surface area contributed by atoms with Crippen molar-refractivity contribution in [3.8, 4) is 0 Å². The normalized spacial score (nSPS) is 20.2. The number of hydrogen-bond acceptors (Lipinski definition) is 3. The fourth-order valence-corrected chi connectivity index (χ4v) is 2.50. The molecule has 1 aliphatic heterocycles. The zero-order chi connectivity index (χ0) is 13.0. The van der Waals surface area contributed by atoms with E-state index in [4.69, 9.17) is 5.73 Å². The highest BCUT2D eigenvalue weighted by Crippen LogP contribution is 2.18. The molecule has 102 valence electrons. The van der Waals surface area contributed by atoms with Crippen LogP contribution in [0, 0.1) is 5.92 Å². The standard InChI is InChI=1S/C14H26N4/c1-3-12(2)18-9-6-14(16-18)11-17-7-4-13(10-15)5-8-17/h6,9,12-13H,3-5,7-8,10-11,15H2,1-2H3. The van der Waals surface area contributed by atoms with Crippen LogP contribution in [0.3, 0.4) is 0 Å². The first-order valence-electron chi connectivity index (χ1n) is 7.19. The third-order valence-corrected chi connectivity index (χ3v) is 4.13. The smallest absolute Gasteiger partial charge is 0.0764 e. The molecule has 1 unspecified atom stereocenters. The van der Waals surface area contributed by atoms with Gasteiger partial charge in [0, 0.05) is 18.8 Å². The molecule has 1 saturated heterocycles. The lowest BCUT2D eigenvalue weighted by molar-refractivity contribution is 0.178. The van der Waals surface area contributed by atoms with E-state index in [0.29, 0.717) is 6.04 Å². The van der Waals surface area contributed by atoms with Crippen molar-refractivity contribution in [3.63, 3.8) is 0 Å². The first-order valence-corrected chi connectivity index (χ1v) is 7.19. The highest BCUT2D eigenvalue weighted by atomic mass is 15.3. The molecule has 2 heterocycles. The molecular weight excluding hydrogens is 224 g/mol. The molecule has 0 aliphatic carbocycles. The summed E-state index contributed by atoms with van der Waals surface area (Å²) in [7, 11) is 0. The quantitative estimate of drug-likeness (QED) is 0.869. The van der Waals surface area contributed by atoms with Gasteiger partial charge in [-0.3, -0.25) is 9.58 Å². The van der Waals surface area contributed by atoms with Crippen molar-refractivity contribution < 1.29 is 0 Å². The monoisotopic (exact) mass is 250 g/mol. The summed E-state index contributed by atoms with van der Waals surface area (Å²) in [5.74, 6) is 0.735. The lowest BCUT2D eigenvalue weighted by Gasteiger charge is -2.30. The van der Waals surface area contributed by atoms with Crippen LogP contribution in [-0.2, 0) is 6.54 Å². The third kappa shape index (κ3) is 3.33. The van der Waals surface area contributed by atoms with Crippen molar-refractivity contribution in [2.45, 2.75) is 45.7 Å². The summed E-state index contributed by atoms with van der Waals surface area (Å²) in [5, 5.41) is 4.66. The Balaban J connectivity index is 1.85. The molecule has 0 amide bonds. The zero-order valence-electron chi connectivity index (χ0n) is 11.7. The van der Waals surface area contributed by atoms with Gasteiger partial charge in [0.1, 0.15) is 0 Å². The van der Waals surface area contributed by atoms with E-state index in [0.717, 1.165) is 38.5 Å². The van der Waals surface area contributed by atoms with E-state index in [9.17, 15) is 0 Å². The van der Waals surface area contributed by atoms with E-state index >= 15 is 0 Å². The Bertz CT molecular complexity index is 352. The van der Waals surface area contributed by atoms with E-state index < -0.39 is 0 Å². The molecule has 0 bridgehead atoms. The molecule has 0 aromatic carbocycles. The summed E-state index contributed by atoms with van der Waals surface area (Å²) in [6.45, 7) is 8.57. The van der Waals surface area contributed by atoms with Crippen LogP contribution in [0.15, 0.2) is 12.3 Å². The number of piperidine rings is 1. The maximum Gasteiger partial charge on any atom is 0.0764 e. The molecule has 1 atom stereocenters. The second kappa shape index (κ2) is 6.34. The SMILES string of the molecule is CCC(C)n1ccc(CN2CCC(CN)CC2)n1. The summed E-state index contributed by atoms with van der Waals surface area (Å²) < 4.78 is 2.09. The van der Waals surface area contributed by atoms with E-state index in [-0.39, 0.29) is 0 Å². The van der Waals surface area contributed by atoms with Crippen molar-refractivity contribution >= 4 is 0 Å². The minimum Gasteiger partial charge on any atom is -0.330 e. The fraction of sp³-hybridized carbons (Fsp3) is 0.786. The van der Waals surface area contributed by atoms with Gasteiger partial charge in [0.25, 0.3) is 0 Å². The largest absolute Gasteiger partial charge is 0.330 e. The van der Waals surface area contributed by atoms with Gasteiger partial charge >= 0.3 is 0 Å². The summed E-state index contributed by atoms with van der Waals surface area (Å²) >= 11 is 0. The average molecular weight is 250 g/mol. The summed E-state index contributed by atoms with van der Waals surface area (Å²) in [6, 6.07) is 2.66. The molecule has 2 N–H and O–H groups in total. The molecule has 4 nitrogen and oxygen atoms in total. The van der Waals surface area contributed by atoms with Gasteiger partial charge in [-0.15, -0.1) is 0 Å². The van der Waals surface area contributed by atoms with Crippen molar-refractivity contribution in [2.24, 2.45) is 11.7 Å². The molecule has 2 rings (SSSR count). The zero-order valence-corrected chi connectivity index (χ0v) is 11.7. The maximum atomic E-state index is 5.72. The van der Waals surface area contributed by atoms with Crippen molar-refractivity contribution in [1.82, 2.24) is 14.7 Å². The van der Waals surface area contributed by atoms with Gasteiger partial charge in [-0.1, -0.05) is 6.92 Å². The van der Waals surface area contributed by atoms with Crippen LogP contribution in [0.2, 0.25) is 0 Å². The highest BCUT2D eigenvalue weighted by Gasteiger charge is 2.18. The van der Waals surface area contributed by atoms with Crippen molar-refractivity contribution in [2.75, 3.05) is 19.6 Å². The van der Waals surface area contributed by atoms with Crippen molar-refractivity contribution in [3.05, 3.63) is 18.0 Å². The molecule has 4 heteroatoms. The molecule has 18 heavy (non-hydrogen) atoms. The highest BCUT2D eigenvalue weighted by molar-refractivity contribution is 5.00. The summed E-state index contributed by atoms with van der Waals surface area (Å²) in [4.78, 5) is 2.50. The topological polar surface area (TPSA) is 47.1 Å². The molecule has 1 aromatic rings. The third-order valence-electron chi connectivity index (χ3n) is 4.13. The Morgan fingerprint density at radius 3 is 2.78 bits per heavy atom. The van der Waals surface area contributed by atoms with Crippen LogP contribution in [0.25, 0.3) is 0 Å². The fourth-order valence-electron chi connectivity index (χ4n) is 2.50.